The highest BCUT2D eigenvalue weighted by molar-refractivity contribution is 7.91. The van der Waals surface area contributed by atoms with Crippen LogP contribution < -0.4 is 5.32 Å². The molecule has 2 aromatic carbocycles. The molecular formula is C19H18F3N3O2S. The first-order chi connectivity index (χ1) is 13.1. The Morgan fingerprint density at radius 3 is 2.46 bits per heavy atom. The number of rotatable bonds is 6. The van der Waals surface area contributed by atoms with Gasteiger partial charge in [-0.2, -0.15) is 13.2 Å². The number of sulfone groups is 1. The minimum absolute atomic E-state index is 0.0353. The fourth-order valence-electron chi connectivity index (χ4n) is 2.62. The molecule has 0 aliphatic heterocycles. The topological polar surface area (TPSA) is 74.8 Å². The van der Waals surface area contributed by atoms with Crippen LogP contribution in [-0.4, -0.2) is 24.1 Å². The lowest BCUT2D eigenvalue weighted by atomic mass is 10.1. The molecule has 148 valence electrons. The van der Waals surface area contributed by atoms with Gasteiger partial charge in [-0.05, 0) is 35.4 Å². The predicted octanol–water partition coefficient (Wildman–Crippen LogP) is 4.14. The Morgan fingerprint density at radius 2 is 1.86 bits per heavy atom. The second-order valence-electron chi connectivity index (χ2n) is 6.19. The van der Waals surface area contributed by atoms with Crippen molar-refractivity contribution in [2.75, 3.05) is 5.75 Å². The molecule has 0 aliphatic rings. The fourth-order valence-corrected chi connectivity index (χ4v) is 3.51. The van der Waals surface area contributed by atoms with E-state index in [1.165, 1.54) is 6.07 Å². The zero-order chi connectivity index (χ0) is 20.5. The standard InChI is InChI=1S/C19H18F3N3O2S/c1-3-28(26,27)15-7-4-13(5-8-15)11-23-12(2)14-6-9-16-17(10-14)25-18(24-16)19(20,21)22/h4-10,23H,2-3,11H2,1H3,(H,24,25). The number of nitrogens with zero attached hydrogens (tertiary/aromatic N) is 1. The molecule has 0 saturated carbocycles. The Morgan fingerprint density at radius 1 is 1.18 bits per heavy atom. The van der Waals surface area contributed by atoms with Gasteiger partial charge in [0.1, 0.15) is 0 Å². The van der Waals surface area contributed by atoms with E-state index < -0.39 is 21.8 Å². The number of nitrogens with one attached hydrogen (secondary N) is 2. The maximum Gasteiger partial charge on any atom is 0.449 e. The third kappa shape index (κ3) is 4.19. The van der Waals surface area contributed by atoms with Crippen LogP contribution in [0.1, 0.15) is 23.9 Å². The van der Waals surface area contributed by atoms with Crippen LogP contribution in [0.4, 0.5) is 13.2 Å². The number of hydrogen-bond donors (Lipinski definition) is 2. The smallest absolute Gasteiger partial charge is 0.381 e. The maximum absolute atomic E-state index is 12.8. The van der Waals surface area contributed by atoms with Crippen LogP contribution in [-0.2, 0) is 22.6 Å². The number of hydrogen-bond acceptors (Lipinski definition) is 4. The number of aromatic nitrogens is 2. The summed E-state index contributed by atoms with van der Waals surface area (Å²) in [5, 5.41) is 3.09. The largest absolute Gasteiger partial charge is 0.449 e. The number of H-pyrrole nitrogens is 1. The summed E-state index contributed by atoms with van der Waals surface area (Å²) in [7, 11) is -3.25. The third-order valence-corrected chi connectivity index (χ3v) is 6.02. The number of benzene rings is 2. The molecule has 3 rings (SSSR count). The Bertz CT molecular complexity index is 1120. The normalized spacial score (nSPS) is 12.3. The van der Waals surface area contributed by atoms with Crippen LogP contribution in [0.3, 0.4) is 0 Å². The van der Waals surface area contributed by atoms with Gasteiger partial charge >= 0.3 is 6.18 Å². The lowest BCUT2D eigenvalue weighted by Gasteiger charge is -2.10. The molecule has 0 aliphatic carbocycles. The summed E-state index contributed by atoms with van der Waals surface area (Å²) < 4.78 is 61.9. The van der Waals surface area contributed by atoms with Crippen molar-refractivity contribution in [3.63, 3.8) is 0 Å². The second-order valence-corrected chi connectivity index (χ2v) is 8.47. The third-order valence-electron chi connectivity index (χ3n) is 4.27. The number of alkyl halides is 3. The molecule has 0 bridgehead atoms. The van der Waals surface area contributed by atoms with Gasteiger partial charge in [0.15, 0.2) is 9.84 Å². The minimum atomic E-state index is -4.54. The number of aromatic amines is 1. The Hall–Kier alpha value is -2.81. The van der Waals surface area contributed by atoms with Crippen LogP contribution in [0.5, 0.6) is 0 Å². The van der Waals surface area contributed by atoms with Crippen molar-refractivity contribution in [3.8, 4) is 0 Å². The van der Waals surface area contributed by atoms with Gasteiger partial charge in [-0.25, -0.2) is 13.4 Å². The molecule has 1 heterocycles. The molecule has 0 amide bonds. The molecule has 2 N–H and O–H groups in total. The Labute approximate surface area is 160 Å². The van der Waals surface area contributed by atoms with E-state index in [4.69, 9.17) is 0 Å². The van der Waals surface area contributed by atoms with E-state index in [2.05, 4.69) is 21.9 Å². The lowest BCUT2D eigenvalue weighted by Crippen LogP contribution is -2.11. The molecule has 0 fully saturated rings. The highest BCUT2D eigenvalue weighted by Gasteiger charge is 2.34. The average molecular weight is 409 g/mol. The first-order valence-corrected chi connectivity index (χ1v) is 10.1. The van der Waals surface area contributed by atoms with Gasteiger partial charge in [0.2, 0.25) is 5.82 Å². The van der Waals surface area contributed by atoms with E-state index in [1.807, 2.05) is 0 Å². The summed E-state index contributed by atoms with van der Waals surface area (Å²) in [4.78, 5) is 6.07. The van der Waals surface area contributed by atoms with Gasteiger partial charge in [-0.15, -0.1) is 0 Å². The van der Waals surface area contributed by atoms with Crippen molar-refractivity contribution in [2.24, 2.45) is 0 Å². The van der Waals surface area contributed by atoms with Crippen molar-refractivity contribution in [2.45, 2.75) is 24.5 Å². The van der Waals surface area contributed by atoms with Crippen LogP contribution in [0.15, 0.2) is 53.9 Å². The maximum atomic E-state index is 12.8. The summed E-state index contributed by atoms with van der Waals surface area (Å²) in [5.41, 5.74) is 2.47. The van der Waals surface area contributed by atoms with Crippen LogP contribution >= 0.6 is 0 Å². The number of imidazole rings is 1. The zero-order valence-electron chi connectivity index (χ0n) is 15.0. The Balaban J connectivity index is 1.71. The zero-order valence-corrected chi connectivity index (χ0v) is 15.8. The molecule has 1 aromatic heterocycles. The van der Waals surface area contributed by atoms with Crippen molar-refractivity contribution in [3.05, 3.63) is 66.0 Å². The lowest BCUT2D eigenvalue weighted by molar-refractivity contribution is -0.144. The monoisotopic (exact) mass is 409 g/mol. The van der Waals surface area contributed by atoms with Crippen LogP contribution in [0, 0.1) is 0 Å². The molecule has 0 spiro atoms. The molecule has 5 nitrogen and oxygen atoms in total. The summed E-state index contributed by atoms with van der Waals surface area (Å²) >= 11 is 0. The van der Waals surface area contributed by atoms with Gasteiger partial charge in [-0.1, -0.05) is 31.7 Å². The van der Waals surface area contributed by atoms with E-state index in [1.54, 1.807) is 43.3 Å². The summed E-state index contributed by atoms with van der Waals surface area (Å²) in [5.74, 6) is -1.01. The quantitative estimate of drug-likeness (QED) is 0.642. The van der Waals surface area contributed by atoms with Crippen molar-refractivity contribution in [1.29, 1.82) is 0 Å². The molecule has 9 heteroatoms. The molecule has 3 aromatic rings. The van der Waals surface area contributed by atoms with Crippen LogP contribution in [0.2, 0.25) is 0 Å². The van der Waals surface area contributed by atoms with E-state index in [0.29, 0.717) is 17.8 Å². The second kappa shape index (κ2) is 7.31. The Kier molecular flexibility index (Phi) is 5.20. The predicted molar refractivity (Wildman–Crippen MR) is 101 cm³/mol. The van der Waals surface area contributed by atoms with Crippen LogP contribution in [0.25, 0.3) is 16.7 Å². The first kappa shape index (κ1) is 19.9. The van der Waals surface area contributed by atoms with E-state index in [9.17, 15) is 21.6 Å². The van der Waals surface area contributed by atoms with Gasteiger partial charge in [0.05, 0.1) is 21.7 Å². The van der Waals surface area contributed by atoms with Crippen molar-refractivity contribution < 1.29 is 21.6 Å². The number of halogens is 3. The first-order valence-electron chi connectivity index (χ1n) is 8.42. The SMILES string of the molecule is C=C(NCc1ccc(S(=O)(=O)CC)cc1)c1ccc2nc(C(F)(F)F)[nH]c2c1. The molecule has 0 unspecified atom stereocenters. The molecule has 0 atom stereocenters. The van der Waals surface area contributed by atoms with Gasteiger partial charge in [0.25, 0.3) is 0 Å². The van der Waals surface area contributed by atoms with Gasteiger partial charge in [-0.3, -0.25) is 0 Å². The summed E-state index contributed by atoms with van der Waals surface area (Å²) in [6.07, 6.45) is -4.54. The average Bonchev–Trinajstić information content (AvgIpc) is 3.10. The van der Waals surface area contributed by atoms with Gasteiger partial charge in [0, 0.05) is 12.2 Å². The molecule has 0 radical (unpaired) electrons. The fraction of sp³-hybridized carbons (Fsp3) is 0.211. The summed E-state index contributed by atoms with van der Waals surface area (Å²) in [6.45, 7) is 5.88. The van der Waals surface area contributed by atoms with Crippen molar-refractivity contribution >= 4 is 26.6 Å². The number of fused-ring (bicyclic) bond motifs is 1. The highest BCUT2D eigenvalue weighted by atomic mass is 32.2. The van der Waals surface area contributed by atoms with E-state index >= 15 is 0 Å². The molecular weight excluding hydrogens is 391 g/mol. The molecule has 0 saturated heterocycles. The van der Waals surface area contributed by atoms with E-state index in [0.717, 1.165) is 5.56 Å². The summed E-state index contributed by atoms with van der Waals surface area (Å²) in [6, 6.07) is 11.2. The molecule has 28 heavy (non-hydrogen) atoms. The van der Waals surface area contributed by atoms with Crippen molar-refractivity contribution in [1.82, 2.24) is 15.3 Å². The van der Waals surface area contributed by atoms with E-state index in [-0.39, 0.29) is 21.7 Å². The highest BCUT2D eigenvalue weighted by Crippen LogP contribution is 2.29. The minimum Gasteiger partial charge on any atom is -0.381 e. The van der Waals surface area contributed by atoms with Gasteiger partial charge < -0.3 is 10.3 Å².